The third kappa shape index (κ3) is 12.5. The van der Waals surface area contributed by atoms with Crippen LogP contribution in [0.1, 0.15) is 85.0 Å². The lowest BCUT2D eigenvalue weighted by molar-refractivity contribution is -0.150. The first-order valence-corrected chi connectivity index (χ1v) is 10.6. The molecule has 0 aliphatic rings. The van der Waals surface area contributed by atoms with Gasteiger partial charge in [0, 0.05) is 7.05 Å². The summed E-state index contributed by atoms with van der Waals surface area (Å²) in [5.74, 6) is -0.412. The van der Waals surface area contributed by atoms with E-state index >= 15 is 0 Å². The summed E-state index contributed by atoms with van der Waals surface area (Å²) in [5.41, 5.74) is 0. The Morgan fingerprint density at radius 3 is 1.93 bits per heavy atom. The number of hydrogen-bond acceptors (Lipinski definition) is 4. The topological polar surface area (TPSA) is 55.8 Å². The third-order valence-electron chi connectivity index (χ3n) is 4.65. The summed E-state index contributed by atoms with van der Waals surface area (Å²) >= 11 is 0. The molecule has 1 unspecified atom stereocenters. The molecule has 158 valence electrons. The first kappa shape index (κ1) is 25.5. The molecular weight excluding hydrogens is 342 g/mol. The maximum atomic E-state index is 12.4. The van der Waals surface area contributed by atoms with Gasteiger partial charge in [-0.1, -0.05) is 91.2 Å². The average Bonchev–Trinajstić information content (AvgIpc) is 2.63. The highest BCUT2D eigenvalue weighted by atomic mass is 16.6. The molecule has 1 amide bonds. The van der Waals surface area contributed by atoms with E-state index in [1.54, 1.807) is 7.05 Å². The number of carbonyl (C=O) groups excluding carboxylic acids is 2. The maximum Gasteiger partial charge on any atom is 0.410 e. The van der Waals surface area contributed by atoms with E-state index in [0.29, 0.717) is 6.61 Å². The van der Waals surface area contributed by atoms with Crippen LogP contribution in [0, 0.1) is 5.92 Å². The van der Waals surface area contributed by atoms with Crippen molar-refractivity contribution in [2.24, 2.45) is 5.92 Å². The Kier molecular flexibility index (Phi) is 15.7. The number of carbonyl (C=O) groups is 2. The number of nitrogens with zero attached hydrogens (tertiary/aromatic N) is 1. The minimum Gasteiger partial charge on any atom is -0.464 e. The molecule has 0 aromatic heterocycles. The Balaban J connectivity index is 3.95. The fourth-order valence-corrected chi connectivity index (χ4v) is 3.07. The second-order valence-corrected chi connectivity index (χ2v) is 7.51. The highest BCUT2D eigenvalue weighted by molar-refractivity contribution is 5.81. The van der Waals surface area contributed by atoms with Crippen LogP contribution in [0.5, 0.6) is 0 Å². The summed E-state index contributed by atoms with van der Waals surface area (Å²) < 4.78 is 10.4. The minimum absolute atomic E-state index is 0.0495. The van der Waals surface area contributed by atoms with Crippen molar-refractivity contribution < 1.29 is 19.1 Å². The normalized spacial score (nSPS) is 11.9. The van der Waals surface area contributed by atoms with E-state index in [0.717, 1.165) is 12.8 Å². The Labute approximate surface area is 166 Å². The van der Waals surface area contributed by atoms with Crippen molar-refractivity contribution in [1.29, 1.82) is 0 Å². The van der Waals surface area contributed by atoms with E-state index in [2.05, 4.69) is 13.5 Å². The first-order valence-electron chi connectivity index (χ1n) is 10.6. The van der Waals surface area contributed by atoms with E-state index in [1.807, 2.05) is 13.8 Å². The Morgan fingerprint density at radius 1 is 0.926 bits per heavy atom. The standard InChI is InChI=1S/C22H41NO4/c1-6-8-9-10-11-12-13-14-15-16-18-26-21(24)20(19(3)4)23(5)22(25)27-17-7-2/h7,19-20H,2,6,8-18H2,1,3-5H3. The number of ether oxygens (including phenoxy) is 2. The van der Waals surface area contributed by atoms with Gasteiger partial charge in [-0.2, -0.15) is 0 Å². The Bertz CT molecular complexity index is 409. The number of unbranched alkanes of at least 4 members (excludes halogenated alkanes) is 9. The van der Waals surface area contributed by atoms with Gasteiger partial charge in [-0.05, 0) is 12.3 Å². The number of rotatable bonds is 16. The van der Waals surface area contributed by atoms with Crippen LogP contribution in [0.2, 0.25) is 0 Å². The zero-order valence-electron chi connectivity index (χ0n) is 18.0. The molecule has 0 rings (SSSR count). The lowest BCUT2D eigenvalue weighted by Crippen LogP contribution is -2.46. The van der Waals surface area contributed by atoms with E-state index in [-0.39, 0.29) is 18.5 Å². The molecule has 0 aromatic carbocycles. The van der Waals surface area contributed by atoms with Crippen LogP contribution in [0.3, 0.4) is 0 Å². The van der Waals surface area contributed by atoms with Gasteiger partial charge in [0.1, 0.15) is 12.6 Å². The summed E-state index contributed by atoms with van der Waals surface area (Å²) in [4.78, 5) is 25.6. The number of likely N-dealkylation sites (N-methyl/N-ethyl adjacent to an activating group) is 1. The molecule has 27 heavy (non-hydrogen) atoms. The molecule has 0 saturated carbocycles. The van der Waals surface area contributed by atoms with Crippen molar-refractivity contribution in [2.45, 2.75) is 91.0 Å². The quantitative estimate of drug-likeness (QED) is 0.194. The van der Waals surface area contributed by atoms with Crippen LogP contribution in [0.25, 0.3) is 0 Å². The lowest BCUT2D eigenvalue weighted by Gasteiger charge is -2.28. The molecule has 0 N–H and O–H groups in total. The van der Waals surface area contributed by atoms with Crippen LogP contribution in [-0.2, 0) is 14.3 Å². The van der Waals surface area contributed by atoms with Gasteiger partial charge in [0.2, 0.25) is 0 Å². The smallest absolute Gasteiger partial charge is 0.410 e. The van der Waals surface area contributed by atoms with Crippen molar-refractivity contribution in [3.8, 4) is 0 Å². The average molecular weight is 384 g/mol. The van der Waals surface area contributed by atoms with Crippen molar-refractivity contribution in [3.05, 3.63) is 12.7 Å². The summed E-state index contributed by atoms with van der Waals surface area (Å²) in [7, 11) is 1.57. The largest absolute Gasteiger partial charge is 0.464 e. The lowest BCUT2D eigenvalue weighted by atomic mass is 10.0. The second-order valence-electron chi connectivity index (χ2n) is 7.51. The van der Waals surface area contributed by atoms with Crippen molar-refractivity contribution in [2.75, 3.05) is 20.3 Å². The Hall–Kier alpha value is -1.52. The minimum atomic E-state index is -0.634. The van der Waals surface area contributed by atoms with E-state index in [9.17, 15) is 9.59 Å². The fraction of sp³-hybridized carbons (Fsp3) is 0.818. The summed E-state index contributed by atoms with van der Waals surface area (Å²) in [6, 6.07) is -0.634. The van der Waals surface area contributed by atoms with Gasteiger partial charge in [-0.15, -0.1) is 0 Å². The monoisotopic (exact) mass is 383 g/mol. The first-order chi connectivity index (χ1) is 13.0. The zero-order chi connectivity index (χ0) is 20.5. The highest BCUT2D eigenvalue weighted by Crippen LogP contribution is 2.14. The summed E-state index contributed by atoms with van der Waals surface area (Å²) in [5, 5.41) is 0. The molecular formula is C22H41NO4. The van der Waals surface area contributed by atoms with Crippen molar-refractivity contribution >= 4 is 12.1 Å². The van der Waals surface area contributed by atoms with Gasteiger partial charge in [-0.25, -0.2) is 9.59 Å². The molecule has 5 heteroatoms. The zero-order valence-corrected chi connectivity index (χ0v) is 18.0. The summed E-state index contributed by atoms with van der Waals surface area (Å²) in [6.45, 7) is 10.1. The van der Waals surface area contributed by atoms with Crippen LogP contribution < -0.4 is 0 Å². The number of hydrogen-bond donors (Lipinski definition) is 0. The maximum absolute atomic E-state index is 12.4. The predicted octanol–water partition coefficient (Wildman–Crippen LogP) is 5.73. The molecule has 0 aromatic rings. The molecule has 5 nitrogen and oxygen atoms in total. The molecule has 0 spiro atoms. The molecule has 0 aliphatic heterocycles. The third-order valence-corrected chi connectivity index (χ3v) is 4.65. The van der Waals surface area contributed by atoms with Crippen molar-refractivity contribution in [3.63, 3.8) is 0 Å². The molecule has 0 bridgehead atoms. The van der Waals surface area contributed by atoms with Gasteiger partial charge in [-0.3, -0.25) is 4.90 Å². The van der Waals surface area contributed by atoms with Gasteiger partial charge < -0.3 is 9.47 Å². The van der Waals surface area contributed by atoms with Gasteiger partial charge in [0.05, 0.1) is 6.61 Å². The van der Waals surface area contributed by atoms with Gasteiger partial charge >= 0.3 is 12.1 Å². The van der Waals surface area contributed by atoms with E-state index < -0.39 is 12.1 Å². The number of esters is 1. The molecule has 0 saturated heterocycles. The van der Waals surface area contributed by atoms with Crippen LogP contribution in [0.4, 0.5) is 4.79 Å². The predicted molar refractivity (Wildman–Crippen MR) is 111 cm³/mol. The summed E-state index contributed by atoms with van der Waals surface area (Å²) in [6.07, 6.45) is 13.3. The SMILES string of the molecule is C=CCOC(=O)N(C)C(C(=O)OCCCCCCCCCCCC)C(C)C. The number of amides is 1. The van der Waals surface area contributed by atoms with Crippen molar-refractivity contribution in [1.82, 2.24) is 4.90 Å². The molecule has 0 aliphatic carbocycles. The molecule has 0 fully saturated rings. The highest BCUT2D eigenvalue weighted by Gasteiger charge is 2.31. The van der Waals surface area contributed by atoms with Crippen LogP contribution >= 0.6 is 0 Å². The van der Waals surface area contributed by atoms with Gasteiger partial charge in [0.15, 0.2) is 0 Å². The van der Waals surface area contributed by atoms with Gasteiger partial charge in [0.25, 0.3) is 0 Å². The fourth-order valence-electron chi connectivity index (χ4n) is 3.07. The van der Waals surface area contributed by atoms with Crippen LogP contribution in [-0.4, -0.2) is 43.3 Å². The molecule has 0 heterocycles. The van der Waals surface area contributed by atoms with E-state index in [1.165, 1.54) is 62.3 Å². The van der Waals surface area contributed by atoms with E-state index in [4.69, 9.17) is 9.47 Å². The second kappa shape index (κ2) is 16.6. The molecule has 1 atom stereocenters. The van der Waals surface area contributed by atoms with Crippen LogP contribution in [0.15, 0.2) is 12.7 Å². The Morgan fingerprint density at radius 2 is 1.44 bits per heavy atom. The molecule has 0 radical (unpaired) electrons.